The maximum atomic E-state index is 12.9. The van der Waals surface area contributed by atoms with Crippen LogP contribution in [0.4, 0.5) is 13.2 Å². The van der Waals surface area contributed by atoms with Crippen LogP contribution in [0.5, 0.6) is 0 Å². The molecule has 1 atom stereocenters. The molecule has 0 aromatic carbocycles. The molecule has 2 rings (SSSR count). The quantitative estimate of drug-likeness (QED) is 0.817. The second-order valence-corrected chi connectivity index (χ2v) is 4.69. The van der Waals surface area contributed by atoms with Gasteiger partial charge in [-0.3, -0.25) is 4.68 Å². The number of nitrogens with zero attached hydrogens (tertiary/aromatic N) is 3. The zero-order valence-electron chi connectivity index (χ0n) is 10.1. The van der Waals surface area contributed by atoms with Crippen LogP contribution in [0.1, 0.15) is 36.7 Å². The van der Waals surface area contributed by atoms with Gasteiger partial charge in [-0.2, -0.15) is 23.5 Å². The molecule has 0 radical (unpaired) electrons. The molecule has 1 aromatic heterocycles. The van der Waals surface area contributed by atoms with Crippen LogP contribution in [0.2, 0.25) is 0 Å². The number of fused-ring (bicyclic) bond motifs is 1. The summed E-state index contributed by atoms with van der Waals surface area (Å²) in [5, 5.41) is 12.4. The van der Waals surface area contributed by atoms with Crippen molar-refractivity contribution in [2.45, 2.75) is 45.3 Å². The van der Waals surface area contributed by atoms with Gasteiger partial charge in [0.15, 0.2) is 5.69 Å². The fraction of sp³-hybridized carbons (Fsp3) is 0.667. The Morgan fingerprint density at radius 1 is 1.39 bits per heavy atom. The molecule has 0 spiro atoms. The molecule has 0 N–H and O–H groups in total. The van der Waals surface area contributed by atoms with E-state index in [1.807, 2.05) is 6.07 Å². The molecule has 0 aliphatic heterocycles. The highest BCUT2D eigenvalue weighted by Crippen LogP contribution is 2.35. The molecule has 3 nitrogen and oxygen atoms in total. The smallest absolute Gasteiger partial charge is 0.267 e. The summed E-state index contributed by atoms with van der Waals surface area (Å²) in [5.74, 6) is -0.336. The van der Waals surface area contributed by atoms with Gasteiger partial charge in [0.25, 0.3) is 0 Å². The first kappa shape index (κ1) is 12.9. The van der Waals surface area contributed by atoms with Crippen LogP contribution >= 0.6 is 0 Å². The number of rotatable bonds is 2. The molecule has 0 saturated heterocycles. The second-order valence-electron chi connectivity index (χ2n) is 4.69. The first-order valence-electron chi connectivity index (χ1n) is 5.99. The van der Waals surface area contributed by atoms with Gasteiger partial charge in [-0.15, -0.1) is 0 Å². The van der Waals surface area contributed by atoms with Gasteiger partial charge >= 0.3 is 6.18 Å². The van der Waals surface area contributed by atoms with Gasteiger partial charge in [0.05, 0.1) is 18.5 Å². The zero-order valence-corrected chi connectivity index (χ0v) is 10.1. The molecule has 0 bridgehead atoms. The topological polar surface area (TPSA) is 41.6 Å². The van der Waals surface area contributed by atoms with Gasteiger partial charge in [0.2, 0.25) is 0 Å². The summed E-state index contributed by atoms with van der Waals surface area (Å²) in [4.78, 5) is 0. The molecular formula is C12H14F3N3. The van der Waals surface area contributed by atoms with Crippen molar-refractivity contribution in [1.29, 1.82) is 5.26 Å². The highest BCUT2D eigenvalue weighted by molar-refractivity contribution is 5.30. The van der Waals surface area contributed by atoms with Crippen molar-refractivity contribution in [2.24, 2.45) is 5.92 Å². The lowest BCUT2D eigenvalue weighted by Gasteiger charge is -2.15. The molecule has 0 fully saturated rings. The predicted octanol–water partition coefficient (Wildman–Crippen LogP) is 2.94. The maximum Gasteiger partial charge on any atom is 0.435 e. The number of hydrogen-bond donors (Lipinski definition) is 0. The van der Waals surface area contributed by atoms with Crippen molar-refractivity contribution in [3.05, 3.63) is 17.0 Å². The van der Waals surface area contributed by atoms with E-state index in [2.05, 4.69) is 5.10 Å². The van der Waals surface area contributed by atoms with Gasteiger partial charge in [0, 0.05) is 11.3 Å². The van der Waals surface area contributed by atoms with Gasteiger partial charge in [-0.25, -0.2) is 0 Å². The Morgan fingerprint density at radius 3 is 2.67 bits per heavy atom. The van der Waals surface area contributed by atoms with Crippen LogP contribution in [0.3, 0.4) is 0 Å². The van der Waals surface area contributed by atoms with E-state index in [4.69, 9.17) is 5.26 Å². The van der Waals surface area contributed by atoms with Crippen molar-refractivity contribution in [3.63, 3.8) is 0 Å². The molecule has 18 heavy (non-hydrogen) atoms. The largest absolute Gasteiger partial charge is 0.435 e. The Bertz CT molecular complexity index is 482. The monoisotopic (exact) mass is 257 g/mol. The molecule has 0 amide bonds. The first-order valence-corrected chi connectivity index (χ1v) is 5.99. The summed E-state index contributed by atoms with van der Waals surface area (Å²) in [6.07, 6.45) is -1.68. The van der Waals surface area contributed by atoms with Crippen LogP contribution in [0.15, 0.2) is 0 Å². The maximum absolute atomic E-state index is 12.9. The molecular weight excluding hydrogens is 243 g/mol. The molecule has 1 aliphatic rings. The number of halogens is 3. The van der Waals surface area contributed by atoms with Crippen molar-refractivity contribution in [2.75, 3.05) is 0 Å². The average molecular weight is 257 g/mol. The van der Waals surface area contributed by atoms with Gasteiger partial charge < -0.3 is 0 Å². The van der Waals surface area contributed by atoms with Gasteiger partial charge in [-0.05, 0) is 32.6 Å². The van der Waals surface area contributed by atoms with E-state index in [-0.39, 0.29) is 12.5 Å². The Hall–Kier alpha value is -1.51. The highest BCUT2D eigenvalue weighted by atomic mass is 19.4. The standard InChI is InChI=1S/C12H14F3N3/c1-8(6-16)7-18-10-5-3-2-4-9(10)11(17-18)12(13,14)15/h8H,2-5,7H2,1H3/t8-/m0/s1. The van der Waals surface area contributed by atoms with Crippen molar-refractivity contribution in [1.82, 2.24) is 9.78 Å². The fourth-order valence-corrected chi connectivity index (χ4v) is 2.35. The summed E-state index contributed by atoms with van der Waals surface area (Å²) >= 11 is 0. The van der Waals surface area contributed by atoms with Crippen LogP contribution in [0, 0.1) is 17.2 Å². The summed E-state index contributed by atoms with van der Waals surface area (Å²) in [6.45, 7) is 1.92. The van der Waals surface area contributed by atoms with E-state index in [1.165, 1.54) is 4.68 Å². The van der Waals surface area contributed by atoms with Gasteiger partial charge in [-0.1, -0.05) is 0 Å². The van der Waals surface area contributed by atoms with E-state index in [0.717, 1.165) is 12.8 Å². The van der Waals surface area contributed by atoms with Gasteiger partial charge in [0.1, 0.15) is 0 Å². The summed E-state index contributed by atoms with van der Waals surface area (Å²) < 4.78 is 40.0. The minimum Gasteiger partial charge on any atom is -0.267 e. The normalized spacial score (nSPS) is 17.1. The molecule has 1 heterocycles. The fourth-order valence-electron chi connectivity index (χ4n) is 2.35. The Balaban J connectivity index is 2.42. The Morgan fingerprint density at radius 2 is 2.06 bits per heavy atom. The Labute approximate surface area is 103 Å². The third kappa shape index (κ3) is 2.35. The van der Waals surface area contributed by atoms with E-state index in [0.29, 0.717) is 24.1 Å². The Kier molecular flexibility index (Phi) is 3.33. The zero-order chi connectivity index (χ0) is 13.3. The molecule has 98 valence electrons. The highest BCUT2D eigenvalue weighted by Gasteiger charge is 2.39. The first-order chi connectivity index (χ1) is 8.43. The summed E-state index contributed by atoms with van der Waals surface area (Å²) in [5.41, 5.74) is 0.233. The van der Waals surface area contributed by atoms with E-state index >= 15 is 0 Å². The van der Waals surface area contributed by atoms with E-state index in [1.54, 1.807) is 6.92 Å². The van der Waals surface area contributed by atoms with E-state index in [9.17, 15) is 13.2 Å². The molecule has 1 aromatic rings. The van der Waals surface area contributed by atoms with E-state index < -0.39 is 11.9 Å². The summed E-state index contributed by atoms with van der Waals surface area (Å²) in [6, 6.07) is 2.03. The molecule has 6 heteroatoms. The van der Waals surface area contributed by atoms with Crippen LogP contribution in [0.25, 0.3) is 0 Å². The van der Waals surface area contributed by atoms with Crippen molar-refractivity contribution in [3.8, 4) is 6.07 Å². The SMILES string of the molecule is C[C@@H](C#N)Cn1nc(C(F)(F)F)c2c1CCCC2. The van der Waals surface area contributed by atoms with Crippen LogP contribution in [-0.2, 0) is 25.6 Å². The lowest BCUT2D eigenvalue weighted by Crippen LogP contribution is -2.13. The average Bonchev–Trinajstić information content (AvgIpc) is 2.68. The summed E-state index contributed by atoms with van der Waals surface area (Å²) in [7, 11) is 0. The minimum absolute atomic E-state index is 0.231. The minimum atomic E-state index is -4.40. The third-order valence-electron chi connectivity index (χ3n) is 3.19. The number of alkyl halides is 3. The molecule has 0 unspecified atom stereocenters. The van der Waals surface area contributed by atoms with Crippen molar-refractivity contribution < 1.29 is 13.2 Å². The number of hydrogen-bond acceptors (Lipinski definition) is 2. The van der Waals surface area contributed by atoms with Crippen LogP contribution in [-0.4, -0.2) is 9.78 Å². The molecule has 0 saturated carbocycles. The number of aromatic nitrogens is 2. The third-order valence-corrected chi connectivity index (χ3v) is 3.19. The predicted molar refractivity (Wildman–Crippen MR) is 58.6 cm³/mol. The lowest BCUT2D eigenvalue weighted by molar-refractivity contribution is -0.142. The number of nitriles is 1. The molecule has 1 aliphatic carbocycles. The van der Waals surface area contributed by atoms with Crippen molar-refractivity contribution >= 4 is 0 Å². The van der Waals surface area contributed by atoms with Crippen LogP contribution < -0.4 is 0 Å². The lowest BCUT2D eigenvalue weighted by atomic mass is 9.95. The second kappa shape index (κ2) is 4.63.